The number of nitrogens with zero attached hydrogens (tertiary/aromatic N) is 2. The number of unbranched alkanes of at least 4 members (excludes halogenated alkanes) is 7. The molecule has 0 aromatic heterocycles. The van der Waals surface area contributed by atoms with Crippen LogP contribution in [0.2, 0.25) is 0 Å². The molecule has 19 atom stereocenters. The number of hydrogen-bond acceptors (Lipinski definition) is 13. The summed E-state index contributed by atoms with van der Waals surface area (Å²) in [5.41, 5.74) is -4.60. The van der Waals surface area contributed by atoms with Gasteiger partial charge in [-0.1, -0.05) is 114 Å². The molecule has 456 valence electrons. The Labute approximate surface area is 487 Å². The lowest BCUT2D eigenvalue weighted by molar-refractivity contribution is -0.306. The topological polar surface area (TPSA) is 191 Å². The molecule has 0 bridgehead atoms. The lowest BCUT2D eigenvalue weighted by atomic mass is 9.68. The van der Waals surface area contributed by atoms with E-state index >= 15 is 0 Å². The number of rotatable bonds is 20. The highest BCUT2D eigenvalue weighted by atomic mass is 31.2. The fourth-order valence-corrected chi connectivity index (χ4v) is 18.7. The normalized spacial score (nSPS) is 36.9. The van der Waals surface area contributed by atoms with Gasteiger partial charge in [0, 0.05) is 38.5 Å². The van der Waals surface area contributed by atoms with E-state index < -0.39 is 103 Å². The summed E-state index contributed by atoms with van der Waals surface area (Å²) in [6.07, 6.45) is 0.673. The minimum absolute atomic E-state index is 0.127. The molecule has 2 unspecified atom stereocenters. The van der Waals surface area contributed by atoms with E-state index in [2.05, 4.69) is 91.0 Å². The van der Waals surface area contributed by atoms with E-state index in [0.717, 1.165) is 51.1 Å². The number of carbonyl (C=O) groups excluding carboxylic acids is 1. The van der Waals surface area contributed by atoms with Gasteiger partial charge in [0.15, 0.2) is 12.6 Å². The molecule has 3 aliphatic heterocycles. The predicted octanol–water partition coefficient (Wildman–Crippen LogP) is 8.37. The molecule has 15 heteroatoms. The fourth-order valence-electron chi connectivity index (χ4n) is 14.2. The number of hydrogen-bond donors (Lipinski definition) is 6. The Hall–Kier alpha value is -2.92. The van der Waals surface area contributed by atoms with Crippen LogP contribution < -0.4 is 15.9 Å². The molecule has 3 fully saturated rings. The van der Waals surface area contributed by atoms with Gasteiger partial charge in [-0.3, -0.25) is 4.79 Å². The van der Waals surface area contributed by atoms with Crippen molar-refractivity contribution in [3.8, 4) is 0 Å². The Bertz CT molecular complexity index is 2220. The van der Waals surface area contributed by atoms with Crippen LogP contribution in [0.4, 0.5) is 0 Å². The lowest BCUT2D eigenvalue weighted by Crippen LogP contribution is -2.62. The van der Waals surface area contributed by atoms with Gasteiger partial charge >= 0.3 is 0 Å². The number of benzene rings is 3. The number of likely N-dealkylation sites (N-methyl/N-ethyl adjacent to an activating group) is 1. The van der Waals surface area contributed by atoms with Crippen LogP contribution in [0.5, 0.6) is 0 Å². The summed E-state index contributed by atoms with van der Waals surface area (Å²) in [6.45, 7) is 18.2. The van der Waals surface area contributed by atoms with Crippen LogP contribution in [-0.2, 0) is 28.5 Å². The van der Waals surface area contributed by atoms with Gasteiger partial charge in [-0.25, -0.2) is 0 Å². The van der Waals surface area contributed by atoms with Crippen molar-refractivity contribution in [1.82, 2.24) is 9.80 Å². The van der Waals surface area contributed by atoms with Crippen molar-refractivity contribution < 1.29 is 59.1 Å². The zero-order valence-corrected chi connectivity index (χ0v) is 52.4. The van der Waals surface area contributed by atoms with E-state index in [4.69, 9.17) is 23.7 Å². The molecular formula is C66H106N2O12P+. The molecule has 0 radical (unpaired) electrons. The minimum Gasteiger partial charge on any atom is -0.388 e. The highest BCUT2D eigenvalue weighted by Crippen LogP contribution is 2.56. The first-order chi connectivity index (χ1) is 38.3. The molecule has 0 aliphatic carbocycles. The molecule has 3 aromatic carbocycles. The van der Waals surface area contributed by atoms with E-state index in [1.165, 1.54) is 22.8 Å². The van der Waals surface area contributed by atoms with Crippen molar-refractivity contribution in [1.29, 1.82) is 0 Å². The van der Waals surface area contributed by atoms with Gasteiger partial charge < -0.3 is 64.1 Å². The van der Waals surface area contributed by atoms with Gasteiger partial charge in [0.05, 0.1) is 53.9 Å². The fraction of sp³-hybridized carbons (Fsp3) is 0.712. The van der Waals surface area contributed by atoms with Crippen LogP contribution in [0, 0.1) is 23.7 Å². The van der Waals surface area contributed by atoms with Crippen molar-refractivity contribution in [2.75, 3.05) is 33.9 Å². The average molecular weight is 1150 g/mol. The second kappa shape index (κ2) is 29.9. The van der Waals surface area contributed by atoms with E-state index in [0.29, 0.717) is 12.8 Å². The molecule has 0 saturated carbocycles. The third kappa shape index (κ3) is 16.1. The predicted molar refractivity (Wildman–Crippen MR) is 324 cm³/mol. The Morgan fingerprint density at radius 3 is 1.73 bits per heavy atom. The second-order valence-corrected chi connectivity index (χ2v) is 29.3. The van der Waals surface area contributed by atoms with Gasteiger partial charge in [0.1, 0.15) is 47.1 Å². The number of methoxy groups -OCH3 is 1. The Balaban J connectivity index is 1.18. The molecule has 3 aliphatic rings. The van der Waals surface area contributed by atoms with Gasteiger partial charge in [0.25, 0.3) is 0 Å². The largest absolute Gasteiger partial charge is 0.388 e. The maximum absolute atomic E-state index is 14.7. The first kappa shape index (κ1) is 67.2. The van der Waals surface area contributed by atoms with Crippen LogP contribution in [0.3, 0.4) is 0 Å². The Morgan fingerprint density at radius 1 is 0.704 bits per heavy atom. The molecule has 0 spiro atoms. The summed E-state index contributed by atoms with van der Waals surface area (Å²) in [7, 11) is 3.49. The molecule has 3 aromatic rings. The highest BCUT2D eigenvalue weighted by Gasteiger charge is 2.55. The molecular weight excluding hydrogens is 1040 g/mol. The average Bonchev–Trinajstić information content (AvgIpc) is 3.47. The third-order valence-electron chi connectivity index (χ3n) is 19.0. The minimum atomic E-state index is -1.92. The molecule has 6 rings (SSSR count). The number of amides is 1. The maximum atomic E-state index is 14.7. The van der Waals surface area contributed by atoms with Crippen molar-refractivity contribution >= 4 is 29.1 Å². The maximum Gasteiger partial charge on any atom is 0.222 e. The van der Waals surface area contributed by atoms with Crippen LogP contribution in [0.25, 0.3) is 0 Å². The van der Waals surface area contributed by atoms with Crippen LogP contribution >= 0.6 is 7.26 Å². The van der Waals surface area contributed by atoms with E-state index in [-0.39, 0.29) is 56.2 Å². The van der Waals surface area contributed by atoms with Crippen molar-refractivity contribution in [2.24, 2.45) is 23.7 Å². The van der Waals surface area contributed by atoms with Crippen molar-refractivity contribution in [3.63, 3.8) is 0 Å². The molecule has 14 nitrogen and oxygen atoms in total. The summed E-state index contributed by atoms with van der Waals surface area (Å²) in [6, 6.07) is 32.0. The standard InChI is InChI=1S/C66H106N2O12P/c1-14-55-66(10,75)59(71)48(6)68(56(69)38-30-19-17-15-16-18-20-31-39-81(50-32-24-21-25-33-50,51-34-26-22-27-35-51)52-36-28-23-29-37-52)43-44(2)41-64(8,74)61(80-63-58(70)53(67(11)12)40-45(3)77-63)46(4)57(47(5)62(73)79-55)54-42-65(9,76-13)60(72)49(7)78-54/h21-29,32-37,44-49,53-55,57-63,70-75H,14-20,30-31,38-43H2,1-13H3/q+1/t44-,45-,46+,47-,48-,49+,53+,54-,55-,57?,58-,59-,60+,61-,62?,63+,64-,65-,66-/m1/s1. The first-order valence-electron chi connectivity index (χ1n) is 30.7. The van der Waals surface area contributed by atoms with E-state index in [1.54, 1.807) is 32.8 Å². The molecule has 1 amide bonds. The summed E-state index contributed by atoms with van der Waals surface area (Å²) >= 11 is 0. The Kier molecular flexibility index (Phi) is 24.8. The monoisotopic (exact) mass is 1150 g/mol. The number of aliphatic hydroxyl groups is 6. The van der Waals surface area contributed by atoms with Gasteiger partial charge in [-0.2, -0.15) is 0 Å². The van der Waals surface area contributed by atoms with Crippen LogP contribution in [0.15, 0.2) is 91.0 Å². The van der Waals surface area contributed by atoms with Crippen molar-refractivity contribution in [3.05, 3.63) is 91.0 Å². The summed E-state index contributed by atoms with van der Waals surface area (Å²) < 4.78 is 32.5. The summed E-state index contributed by atoms with van der Waals surface area (Å²) in [5, 5.41) is 77.6. The van der Waals surface area contributed by atoms with Crippen molar-refractivity contribution in [2.45, 2.75) is 243 Å². The molecule has 81 heavy (non-hydrogen) atoms. The Morgan fingerprint density at radius 2 is 1.22 bits per heavy atom. The zero-order valence-electron chi connectivity index (χ0n) is 51.5. The molecule has 6 N–H and O–H groups in total. The molecule has 3 saturated heterocycles. The molecule has 3 heterocycles. The highest BCUT2D eigenvalue weighted by molar-refractivity contribution is 7.95. The van der Waals surface area contributed by atoms with Gasteiger partial charge in [-0.05, 0) is 148 Å². The summed E-state index contributed by atoms with van der Waals surface area (Å²) in [5.74, 6) is -2.58. The van der Waals surface area contributed by atoms with Gasteiger partial charge in [-0.15, -0.1) is 0 Å². The number of ether oxygens (including phenoxy) is 5. The summed E-state index contributed by atoms with van der Waals surface area (Å²) in [4.78, 5) is 18.3. The second-order valence-electron chi connectivity index (χ2n) is 25.6. The third-order valence-corrected chi connectivity index (χ3v) is 23.5. The SMILES string of the molecule is CC[C@H]1OC(O)[C@H](C)C([C@H]2C[C@@](C)(OC)[C@@H](O)[C@H](C)O2)[C@H](C)[C@@H](O[C@@H]2O[C@H](C)C[C@H](N(C)C)[C@H]2O)[C@](C)(O)C[C@@H](C)CN(C(=O)CCCCCCCCCC[P+](c2ccccc2)(c2ccccc2)c2ccccc2)[C@H](C)[C@@H](O)[C@]1(C)O. The van der Waals surface area contributed by atoms with Gasteiger partial charge in [0.2, 0.25) is 5.91 Å². The number of aliphatic hydroxyl groups excluding tert-OH is 4. The number of carbonyl (C=O) groups is 1. The first-order valence-corrected chi connectivity index (χ1v) is 32.7. The van der Waals surface area contributed by atoms with E-state index in [1.807, 2.05) is 60.5 Å². The van der Waals surface area contributed by atoms with Crippen LogP contribution in [0.1, 0.15) is 153 Å². The van der Waals surface area contributed by atoms with Crippen LogP contribution in [-0.4, -0.2) is 171 Å². The quantitative estimate of drug-likeness (QED) is 0.0468. The lowest BCUT2D eigenvalue weighted by Gasteiger charge is -2.52. The van der Waals surface area contributed by atoms with E-state index in [9.17, 15) is 35.4 Å². The zero-order chi connectivity index (χ0) is 59.5. The smallest absolute Gasteiger partial charge is 0.222 e.